The number of H-pyrrole nitrogens is 1. The summed E-state index contributed by atoms with van der Waals surface area (Å²) >= 11 is 5.39. The first-order valence-electron chi connectivity index (χ1n) is 10.6. The third-order valence-corrected chi connectivity index (χ3v) is 6.44. The first-order valence-corrected chi connectivity index (χ1v) is 11.0. The van der Waals surface area contributed by atoms with Crippen LogP contribution in [0.5, 0.6) is 0 Å². The van der Waals surface area contributed by atoms with Crippen LogP contribution < -0.4 is 10.6 Å². The summed E-state index contributed by atoms with van der Waals surface area (Å²) in [6, 6.07) is 9.96. The maximum Gasteiger partial charge on any atom is 0.326 e. The van der Waals surface area contributed by atoms with Crippen molar-refractivity contribution in [2.45, 2.75) is 26.8 Å². The van der Waals surface area contributed by atoms with E-state index in [1.807, 2.05) is 38.1 Å². The second kappa shape index (κ2) is 8.72. The molecular weight excluding hydrogens is 410 g/mol. The second-order valence-electron chi connectivity index (χ2n) is 8.02. The summed E-state index contributed by atoms with van der Waals surface area (Å²) in [6.07, 6.45) is 0.472. The average Bonchev–Trinajstić information content (AvgIpc) is 2.77. The summed E-state index contributed by atoms with van der Waals surface area (Å²) in [6.45, 7) is 8.31. The lowest BCUT2D eigenvalue weighted by Crippen LogP contribution is -2.46. The number of carbonyl (C=O) groups is 1. The number of hydrogen-bond donors (Lipinski definition) is 1. The fourth-order valence-electron chi connectivity index (χ4n) is 4.08. The Morgan fingerprint density at radius 3 is 2.58 bits per heavy atom. The van der Waals surface area contributed by atoms with Gasteiger partial charge in [-0.2, -0.15) is 0 Å². The van der Waals surface area contributed by atoms with Crippen LogP contribution in [-0.2, 0) is 13.6 Å². The molecule has 0 atom stereocenters. The number of hydrogen-bond acceptors (Lipinski definition) is 6. The molecule has 2 aromatic heterocycles. The van der Waals surface area contributed by atoms with Crippen LogP contribution in [0.4, 0.5) is 5.69 Å². The third-order valence-electron chi connectivity index (χ3n) is 5.95. The maximum atomic E-state index is 12.0. The summed E-state index contributed by atoms with van der Waals surface area (Å²) in [5.74, 6) is 0.0770. The van der Waals surface area contributed by atoms with Crippen molar-refractivity contribution >= 4 is 34.6 Å². The van der Waals surface area contributed by atoms with Gasteiger partial charge in [-0.05, 0) is 36.8 Å². The molecule has 0 amide bonds. The van der Waals surface area contributed by atoms with E-state index in [2.05, 4.69) is 25.8 Å². The first kappa shape index (κ1) is 21.4. The van der Waals surface area contributed by atoms with E-state index in [0.29, 0.717) is 16.8 Å². The van der Waals surface area contributed by atoms with Crippen LogP contribution >= 0.6 is 12.2 Å². The number of carbonyl (C=O) groups excluding carboxylic acids is 1. The van der Waals surface area contributed by atoms with E-state index in [1.165, 1.54) is 4.57 Å². The van der Waals surface area contributed by atoms with Gasteiger partial charge in [-0.1, -0.05) is 25.2 Å². The molecule has 1 N–H and O–H groups in total. The molecule has 162 valence electrons. The zero-order chi connectivity index (χ0) is 22.1. The lowest BCUT2D eigenvalue weighted by Gasteiger charge is -2.36. The van der Waals surface area contributed by atoms with E-state index in [4.69, 9.17) is 12.2 Å². The fourth-order valence-corrected chi connectivity index (χ4v) is 4.34. The predicted octanol–water partition coefficient (Wildman–Crippen LogP) is 3.21. The molecule has 1 aliphatic heterocycles. The molecule has 3 aromatic rings. The summed E-state index contributed by atoms with van der Waals surface area (Å²) in [7, 11) is 1.68. The van der Waals surface area contributed by atoms with Crippen molar-refractivity contribution in [1.29, 1.82) is 0 Å². The minimum absolute atomic E-state index is 0.0770. The first-order chi connectivity index (χ1) is 14.9. The molecule has 4 rings (SSSR count). The smallest absolute Gasteiger partial charge is 0.326 e. The Bertz CT molecular complexity index is 1260. The average molecular weight is 438 g/mol. The molecular formula is C23H27N5O2S. The second-order valence-corrected chi connectivity index (χ2v) is 8.40. The topological polar surface area (TPSA) is 74.2 Å². The van der Waals surface area contributed by atoms with Crippen molar-refractivity contribution in [1.82, 2.24) is 19.4 Å². The number of nitrogens with zero attached hydrogens (tertiary/aromatic N) is 4. The lowest BCUT2D eigenvalue weighted by atomic mass is 10.1. The summed E-state index contributed by atoms with van der Waals surface area (Å²) in [4.78, 5) is 36.1. The van der Waals surface area contributed by atoms with E-state index in [-0.39, 0.29) is 11.5 Å². The van der Waals surface area contributed by atoms with E-state index in [0.717, 1.165) is 60.6 Å². The zero-order valence-corrected chi connectivity index (χ0v) is 19.0. The largest absolute Gasteiger partial charge is 0.368 e. The third kappa shape index (κ3) is 4.31. The monoisotopic (exact) mass is 437 g/mol. The van der Waals surface area contributed by atoms with Gasteiger partial charge in [0.25, 0.3) is 0 Å². The highest BCUT2D eigenvalue weighted by Gasteiger charge is 2.20. The van der Waals surface area contributed by atoms with Gasteiger partial charge in [-0.15, -0.1) is 0 Å². The molecule has 1 saturated heterocycles. The highest BCUT2D eigenvalue weighted by atomic mass is 32.1. The van der Waals surface area contributed by atoms with Crippen molar-refractivity contribution in [2.24, 2.45) is 7.05 Å². The number of anilines is 1. The molecule has 0 radical (unpaired) electrons. The SMILES string of the molecule is CCC(=O)c1ccc(N2CCN(Cc3ccc4c(=S)n(C)c(=O)[nH]c4c3)CC2)c(C)n1. The van der Waals surface area contributed by atoms with Gasteiger partial charge in [-0.3, -0.25) is 14.3 Å². The molecule has 7 nitrogen and oxygen atoms in total. The van der Waals surface area contributed by atoms with Crippen molar-refractivity contribution in [3.05, 3.63) is 62.4 Å². The van der Waals surface area contributed by atoms with Gasteiger partial charge in [0.1, 0.15) is 10.3 Å². The molecule has 0 bridgehead atoms. The Kier molecular flexibility index (Phi) is 6.02. The van der Waals surface area contributed by atoms with Gasteiger partial charge >= 0.3 is 5.69 Å². The number of aromatic amines is 1. The highest BCUT2D eigenvalue weighted by Crippen LogP contribution is 2.22. The fraction of sp³-hybridized carbons (Fsp3) is 0.391. The highest BCUT2D eigenvalue weighted by molar-refractivity contribution is 7.71. The van der Waals surface area contributed by atoms with E-state index in [9.17, 15) is 9.59 Å². The number of benzene rings is 1. The molecule has 0 aliphatic carbocycles. The van der Waals surface area contributed by atoms with E-state index < -0.39 is 0 Å². The number of fused-ring (bicyclic) bond motifs is 1. The standard InChI is InChI=1S/C23H27N5O2S/c1-4-21(29)18-7-8-20(15(2)24-18)28-11-9-27(10-12-28)14-16-5-6-17-19(13-16)25-23(30)26(3)22(17)31/h5-8,13H,4,9-12,14H2,1-3H3,(H,25,30). The Morgan fingerprint density at radius 2 is 1.90 bits per heavy atom. The number of nitrogens with one attached hydrogen (secondary N) is 1. The molecule has 3 heterocycles. The van der Waals surface area contributed by atoms with Crippen LogP contribution in [0.1, 0.15) is 35.1 Å². The maximum absolute atomic E-state index is 12.0. The molecule has 31 heavy (non-hydrogen) atoms. The van der Waals surface area contributed by atoms with Crippen LogP contribution in [0.15, 0.2) is 35.1 Å². The predicted molar refractivity (Wildman–Crippen MR) is 125 cm³/mol. The molecule has 0 unspecified atom stereocenters. The number of piperazine rings is 1. The van der Waals surface area contributed by atoms with Gasteiger partial charge in [-0.25, -0.2) is 9.78 Å². The molecule has 0 saturated carbocycles. The van der Waals surface area contributed by atoms with Crippen molar-refractivity contribution in [3.8, 4) is 0 Å². The quantitative estimate of drug-likeness (QED) is 0.488. The number of pyridine rings is 1. The normalized spacial score (nSPS) is 14.9. The Balaban J connectivity index is 1.44. The van der Waals surface area contributed by atoms with Gasteiger partial charge in [0, 0.05) is 51.6 Å². The van der Waals surface area contributed by atoms with Crippen LogP contribution in [0, 0.1) is 11.6 Å². The van der Waals surface area contributed by atoms with Crippen molar-refractivity contribution in [3.63, 3.8) is 0 Å². The number of ketones is 1. The van der Waals surface area contributed by atoms with Crippen LogP contribution in [0.3, 0.4) is 0 Å². The van der Waals surface area contributed by atoms with Gasteiger partial charge in [0.15, 0.2) is 5.78 Å². The molecule has 1 aromatic carbocycles. The molecule has 1 fully saturated rings. The van der Waals surface area contributed by atoms with Crippen LogP contribution in [0.2, 0.25) is 0 Å². The van der Waals surface area contributed by atoms with Gasteiger partial charge in [0.05, 0.1) is 16.9 Å². The van der Waals surface area contributed by atoms with Crippen LogP contribution in [-0.4, -0.2) is 51.4 Å². The Morgan fingerprint density at radius 1 is 1.16 bits per heavy atom. The number of aryl methyl sites for hydroxylation is 1. The zero-order valence-electron chi connectivity index (χ0n) is 18.1. The lowest BCUT2D eigenvalue weighted by molar-refractivity contribution is 0.0983. The van der Waals surface area contributed by atoms with Crippen molar-refractivity contribution in [2.75, 3.05) is 31.1 Å². The Labute approximate surface area is 186 Å². The molecule has 8 heteroatoms. The van der Waals surface area contributed by atoms with Crippen molar-refractivity contribution < 1.29 is 4.79 Å². The number of aromatic nitrogens is 3. The number of Topliss-reactive ketones (excluding diaryl/α,β-unsaturated/α-hetero) is 1. The van der Waals surface area contributed by atoms with Gasteiger partial charge in [0.2, 0.25) is 0 Å². The summed E-state index contributed by atoms with van der Waals surface area (Å²) in [5, 5.41) is 0.888. The van der Waals surface area contributed by atoms with E-state index >= 15 is 0 Å². The molecule has 0 spiro atoms. The number of rotatable bonds is 5. The molecule has 1 aliphatic rings. The van der Waals surface area contributed by atoms with Crippen LogP contribution in [0.25, 0.3) is 10.9 Å². The Hall–Kier alpha value is -2.84. The summed E-state index contributed by atoms with van der Waals surface area (Å²) in [5.41, 5.74) is 4.29. The van der Waals surface area contributed by atoms with E-state index in [1.54, 1.807) is 7.05 Å². The summed E-state index contributed by atoms with van der Waals surface area (Å²) < 4.78 is 2.01. The minimum Gasteiger partial charge on any atom is -0.368 e. The minimum atomic E-state index is -0.195. The van der Waals surface area contributed by atoms with Gasteiger partial charge < -0.3 is 9.88 Å².